The number of benzene rings is 1. The van der Waals surface area contributed by atoms with Gasteiger partial charge in [0, 0.05) is 17.8 Å². The number of methoxy groups -OCH3 is 1. The van der Waals surface area contributed by atoms with E-state index >= 15 is 0 Å². The van der Waals surface area contributed by atoms with Gasteiger partial charge < -0.3 is 14.9 Å². The lowest BCUT2D eigenvalue weighted by Gasteiger charge is -2.21. The zero-order valence-electron chi connectivity index (χ0n) is 13.4. The second kappa shape index (κ2) is 6.50. The van der Waals surface area contributed by atoms with Gasteiger partial charge >= 0.3 is 0 Å². The average Bonchev–Trinajstić information content (AvgIpc) is 3.16. The van der Waals surface area contributed by atoms with E-state index in [1.807, 2.05) is 0 Å². The van der Waals surface area contributed by atoms with Crippen LogP contribution in [0.1, 0.15) is 11.3 Å². The summed E-state index contributed by atoms with van der Waals surface area (Å²) in [5, 5.41) is 37.8. The summed E-state index contributed by atoms with van der Waals surface area (Å²) in [5.41, 5.74) is -0.557. The van der Waals surface area contributed by atoms with Crippen LogP contribution in [0.3, 0.4) is 0 Å². The Morgan fingerprint density at radius 3 is 2.69 bits per heavy atom. The number of nitro benzene ring substituents is 1. The van der Waals surface area contributed by atoms with Gasteiger partial charge in [-0.25, -0.2) is 9.37 Å². The van der Waals surface area contributed by atoms with Crippen LogP contribution < -0.4 is 4.74 Å². The van der Waals surface area contributed by atoms with Crippen LogP contribution in [0, 0.1) is 15.9 Å². The third kappa shape index (κ3) is 3.10. The van der Waals surface area contributed by atoms with Crippen molar-refractivity contribution in [2.24, 2.45) is 0 Å². The highest BCUT2D eigenvalue weighted by atomic mass is 19.1. The molecule has 0 saturated carbocycles. The van der Waals surface area contributed by atoms with Crippen molar-refractivity contribution < 1.29 is 24.3 Å². The van der Waals surface area contributed by atoms with Gasteiger partial charge in [0.2, 0.25) is 5.79 Å². The molecule has 0 aliphatic carbocycles. The molecule has 3 N–H and O–H groups in total. The minimum absolute atomic E-state index is 0.0172. The largest absolute Gasteiger partial charge is 0.494 e. The summed E-state index contributed by atoms with van der Waals surface area (Å²) in [6, 6.07) is 5.63. The molecule has 134 valence electrons. The molecule has 0 atom stereocenters. The van der Waals surface area contributed by atoms with E-state index in [1.54, 1.807) is 0 Å². The SMILES string of the molecule is COc1ccc(C(O)(O)c2cn[nH]c2)nc1-c1cc(F)cc([N+](=O)[O-])c1. The van der Waals surface area contributed by atoms with E-state index in [0.717, 1.165) is 18.2 Å². The Labute approximate surface area is 145 Å². The summed E-state index contributed by atoms with van der Waals surface area (Å²) in [7, 11) is 1.34. The summed E-state index contributed by atoms with van der Waals surface area (Å²) in [5.74, 6) is -3.14. The van der Waals surface area contributed by atoms with Crippen molar-refractivity contribution in [1.29, 1.82) is 0 Å². The maximum absolute atomic E-state index is 13.8. The predicted octanol–water partition coefficient (Wildman–Crippen LogP) is 1.71. The highest BCUT2D eigenvalue weighted by molar-refractivity contribution is 5.69. The number of rotatable bonds is 5. The second-order valence-electron chi connectivity index (χ2n) is 5.36. The van der Waals surface area contributed by atoms with Crippen molar-refractivity contribution >= 4 is 5.69 Å². The lowest BCUT2D eigenvalue weighted by atomic mass is 10.0. The fraction of sp³-hybridized carbons (Fsp3) is 0.125. The van der Waals surface area contributed by atoms with Crippen LogP contribution >= 0.6 is 0 Å². The fourth-order valence-corrected chi connectivity index (χ4v) is 2.42. The van der Waals surface area contributed by atoms with Crippen LogP contribution in [0.4, 0.5) is 10.1 Å². The van der Waals surface area contributed by atoms with Gasteiger partial charge in [0.05, 0.1) is 29.9 Å². The number of hydrogen-bond donors (Lipinski definition) is 3. The van der Waals surface area contributed by atoms with Gasteiger partial charge in [-0.2, -0.15) is 5.10 Å². The Balaban J connectivity index is 2.17. The third-order valence-electron chi connectivity index (χ3n) is 3.70. The molecule has 0 bridgehead atoms. The highest BCUT2D eigenvalue weighted by Crippen LogP contribution is 2.34. The van der Waals surface area contributed by atoms with Gasteiger partial charge in [-0.1, -0.05) is 0 Å². The number of nitrogens with one attached hydrogen (secondary N) is 1. The summed E-state index contributed by atoms with van der Waals surface area (Å²) in [6.07, 6.45) is 2.48. The molecule has 0 aliphatic rings. The van der Waals surface area contributed by atoms with E-state index in [1.165, 1.54) is 31.6 Å². The quantitative estimate of drug-likeness (QED) is 0.358. The van der Waals surface area contributed by atoms with Crippen molar-refractivity contribution in [2.75, 3.05) is 7.11 Å². The van der Waals surface area contributed by atoms with Gasteiger partial charge in [-0.15, -0.1) is 0 Å². The molecule has 0 unspecified atom stereocenters. The number of hydrogen-bond acceptors (Lipinski definition) is 7. The van der Waals surface area contributed by atoms with Gasteiger partial charge in [-0.3, -0.25) is 15.2 Å². The molecule has 3 rings (SSSR count). The molecule has 0 saturated heterocycles. The molecule has 0 spiro atoms. The number of nitro groups is 1. The van der Waals surface area contributed by atoms with Crippen LogP contribution in [0.15, 0.2) is 42.7 Å². The summed E-state index contributed by atoms with van der Waals surface area (Å²) >= 11 is 0. The first-order chi connectivity index (χ1) is 12.3. The zero-order valence-corrected chi connectivity index (χ0v) is 13.4. The molecule has 9 nitrogen and oxygen atoms in total. The molecular weight excluding hydrogens is 347 g/mol. The number of non-ortho nitro benzene ring substituents is 1. The second-order valence-corrected chi connectivity index (χ2v) is 5.36. The van der Waals surface area contributed by atoms with E-state index < -0.39 is 22.2 Å². The number of aromatic nitrogens is 3. The van der Waals surface area contributed by atoms with Gasteiger partial charge in [-0.05, 0) is 18.2 Å². The first kappa shape index (κ1) is 17.5. The lowest BCUT2D eigenvalue weighted by Crippen LogP contribution is -2.27. The van der Waals surface area contributed by atoms with Gasteiger partial charge in [0.1, 0.15) is 23.0 Å². The van der Waals surface area contributed by atoms with Crippen molar-refractivity contribution in [2.45, 2.75) is 5.79 Å². The summed E-state index contributed by atoms with van der Waals surface area (Å²) < 4.78 is 18.9. The van der Waals surface area contributed by atoms with Crippen molar-refractivity contribution in [1.82, 2.24) is 15.2 Å². The summed E-state index contributed by atoms with van der Waals surface area (Å²) in [6.45, 7) is 0. The molecule has 0 fully saturated rings. The van der Waals surface area contributed by atoms with E-state index in [4.69, 9.17) is 4.74 Å². The monoisotopic (exact) mass is 360 g/mol. The van der Waals surface area contributed by atoms with Gasteiger partial charge in [0.15, 0.2) is 0 Å². The maximum atomic E-state index is 13.8. The van der Waals surface area contributed by atoms with Crippen molar-refractivity contribution in [3.8, 4) is 17.0 Å². The Kier molecular flexibility index (Phi) is 4.36. The number of ether oxygens (including phenoxy) is 1. The normalized spacial score (nSPS) is 11.4. The summed E-state index contributed by atoms with van der Waals surface area (Å²) in [4.78, 5) is 14.4. The molecule has 3 aromatic rings. The number of halogens is 1. The van der Waals surface area contributed by atoms with Crippen LogP contribution in [0.25, 0.3) is 11.3 Å². The molecule has 26 heavy (non-hydrogen) atoms. The van der Waals surface area contributed by atoms with Crippen LogP contribution in [0.2, 0.25) is 0 Å². The topological polar surface area (TPSA) is 134 Å². The third-order valence-corrected chi connectivity index (χ3v) is 3.70. The molecular formula is C16H13FN4O5. The molecule has 2 aromatic heterocycles. The molecule has 0 radical (unpaired) electrons. The standard InChI is InChI=1S/C16H13FN4O5/c1-26-13-2-3-14(16(22,23)10-7-18-19-8-10)20-15(13)9-4-11(17)6-12(5-9)21(24)25/h2-8,22-23H,1H3,(H,18,19). The number of pyridine rings is 1. The van der Waals surface area contributed by atoms with Crippen molar-refractivity contribution in [3.63, 3.8) is 0 Å². The van der Waals surface area contributed by atoms with Crippen molar-refractivity contribution in [3.05, 3.63) is 69.9 Å². The predicted molar refractivity (Wildman–Crippen MR) is 86.6 cm³/mol. The Morgan fingerprint density at radius 2 is 2.08 bits per heavy atom. The number of nitrogens with zero attached hydrogens (tertiary/aromatic N) is 3. The number of aromatic amines is 1. The van der Waals surface area contributed by atoms with E-state index in [-0.39, 0.29) is 28.3 Å². The Bertz CT molecular complexity index is 959. The first-order valence-electron chi connectivity index (χ1n) is 7.28. The first-order valence-corrected chi connectivity index (χ1v) is 7.28. The average molecular weight is 360 g/mol. The smallest absolute Gasteiger partial charge is 0.273 e. The van der Waals surface area contributed by atoms with Gasteiger partial charge in [0.25, 0.3) is 5.69 Å². The minimum atomic E-state index is -2.48. The Morgan fingerprint density at radius 1 is 1.31 bits per heavy atom. The van der Waals surface area contributed by atoms with E-state index in [0.29, 0.717) is 0 Å². The number of aliphatic hydroxyl groups is 2. The molecule has 10 heteroatoms. The minimum Gasteiger partial charge on any atom is -0.494 e. The molecule has 0 aliphatic heterocycles. The fourth-order valence-electron chi connectivity index (χ4n) is 2.42. The van der Waals surface area contributed by atoms with Crippen LogP contribution in [0.5, 0.6) is 5.75 Å². The van der Waals surface area contributed by atoms with E-state index in [9.17, 15) is 24.7 Å². The number of H-pyrrole nitrogens is 1. The zero-order chi connectivity index (χ0) is 18.9. The van der Waals surface area contributed by atoms with Crippen LogP contribution in [-0.4, -0.2) is 37.4 Å². The van der Waals surface area contributed by atoms with E-state index in [2.05, 4.69) is 15.2 Å². The van der Waals surface area contributed by atoms with Crippen LogP contribution in [-0.2, 0) is 5.79 Å². The highest BCUT2D eigenvalue weighted by Gasteiger charge is 2.32. The molecule has 0 amide bonds. The Hall–Kier alpha value is -3.37. The molecule has 1 aromatic carbocycles. The lowest BCUT2D eigenvalue weighted by molar-refractivity contribution is -0.385. The molecule has 2 heterocycles. The maximum Gasteiger partial charge on any atom is 0.273 e.